The minimum atomic E-state index is -1.48. The molecule has 0 aliphatic rings. The first-order valence-corrected chi connectivity index (χ1v) is 4.85. The number of aromatic nitrogens is 2. The molecular formula is C11H10N2O4. The van der Waals surface area contributed by atoms with Crippen LogP contribution in [0.4, 0.5) is 0 Å². The number of rotatable bonds is 3. The minimum Gasteiger partial charge on any atom is -0.479 e. The van der Waals surface area contributed by atoms with Crippen LogP contribution in [0.2, 0.25) is 0 Å². The molecule has 2 aromatic rings. The summed E-state index contributed by atoms with van der Waals surface area (Å²) in [6.07, 6.45) is 1.47. The highest BCUT2D eigenvalue weighted by Gasteiger charge is 2.23. The Labute approximate surface area is 96.2 Å². The molecule has 0 radical (unpaired) electrons. The van der Waals surface area contributed by atoms with Gasteiger partial charge in [0.2, 0.25) is 5.88 Å². The van der Waals surface area contributed by atoms with Gasteiger partial charge in [-0.05, 0) is 13.0 Å². The van der Waals surface area contributed by atoms with E-state index in [9.17, 15) is 9.59 Å². The van der Waals surface area contributed by atoms with Gasteiger partial charge < -0.3 is 14.8 Å². The number of ether oxygens (including phenoxy) is 1. The van der Waals surface area contributed by atoms with Gasteiger partial charge in [0.25, 0.3) is 5.78 Å². The zero-order chi connectivity index (χ0) is 12.6. The van der Waals surface area contributed by atoms with Crippen molar-refractivity contribution in [3.8, 4) is 5.88 Å². The second-order valence-electron chi connectivity index (χ2n) is 3.50. The number of aryl methyl sites for hydroxylation is 1. The number of pyridine rings is 1. The van der Waals surface area contributed by atoms with E-state index in [1.54, 1.807) is 13.0 Å². The lowest BCUT2D eigenvalue weighted by molar-refractivity contribution is -0.131. The van der Waals surface area contributed by atoms with Crippen LogP contribution in [-0.4, -0.2) is 33.9 Å². The smallest absolute Gasteiger partial charge is 0.377 e. The highest BCUT2D eigenvalue weighted by molar-refractivity contribution is 6.42. The molecule has 0 spiro atoms. The number of fused-ring (bicyclic) bond motifs is 1. The van der Waals surface area contributed by atoms with Crippen molar-refractivity contribution in [2.45, 2.75) is 6.92 Å². The number of carbonyl (C=O) groups excluding carboxylic acids is 1. The van der Waals surface area contributed by atoms with Crippen LogP contribution >= 0.6 is 0 Å². The molecule has 0 saturated heterocycles. The fourth-order valence-corrected chi connectivity index (χ4v) is 1.78. The number of nitrogens with zero attached hydrogens (tertiary/aromatic N) is 1. The number of hydrogen-bond acceptors (Lipinski definition) is 4. The summed E-state index contributed by atoms with van der Waals surface area (Å²) in [7, 11) is 1.45. The molecule has 2 N–H and O–H groups in total. The van der Waals surface area contributed by atoms with Crippen LogP contribution in [0.3, 0.4) is 0 Å². The molecule has 6 nitrogen and oxygen atoms in total. The van der Waals surface area contributed by atoms with Gasteiger partial charge in [0.1, 0.15) is 5.52 Å². The lowest BCUT2D eigenvalue weighted by Crippen LogP contribution is -2.13. The minimum absolute atomic E-state index is 0.146. The monoisotopic (exact) mass is 234 g/mol. The second kappa shape index (κ2) is 3.89. The van der Waals surface area contributed by atoms with Crippen molar-refractivity contribution >= 4 is 22.7 Å². The predicted octanol–water partition coefficient (Wildman–Crippen LogP) is 1.15. The number of carboxylic acid groups (broad SMARTS) is 1. The van der Waals surface area contributed by atoms with E-state index in [2.05, 4.69) is 9.97 Å². The van der Waals surface area contributed by atoms with Crippen molar-refractivity contribution in [3.05, 3.63) is 23.5 Å². The van der Waals surface area contributed by atoms with E-state index >= 15 is 0 Å². The van der Waals surface area contributed by atoms with E-state index in [1.807, 2.05) is 0 Å². The molecule has 2 rings (SSSR count). The molecule has 0 aliphatic carbocycles. The van der Waals surface area contributed by atoms with Crippen molar-refractivity contribution in [1.29, 1.82) is 0 Å². The number of hydrogen-bond donors (Lipinski definition) is 2. The Kier molecular flexibility index (Phi) is 2.55. The van der Waals surface area contributed by atoms with Gasteiger partial charge in [-0.15, -0.1) is 0 Å². The quantitative estimate of drug-likeness (QED) is 0.613. The number of nitrogens with one attached hydrogen (secondary N) is 1. The fourth-order valence-electron chi connectivity index (χ4n) is 1.78. The Hall–Kier alpha value is -2.37. The summed E-state index contributed by atoms with van der Waals surface area (Å²) in [5, 5.41) is 9.26. The maximum atomic E-state index is 11.6. The van der Waals surface area contributed by atoms with E-state index in [1.165, 1.54) is 13.3 Å². The Bertz CT molecular complexity index is 615. The van der Waals surface area contributed by atoms with Crippen molar-refractivity contribution in [2.24, 2.45) is 0 Å². The van der Waals surface area contributed by atoms with Gasteiger partial charge in [-0.1, -0.05) is 0 Å². The third-order valence-electron chi connectivity index (χ3n) is 2.49. The zero-order valence-corrected chi connectivity index (χ0v) is 9.27. The number of ketones is 1. The Morgan fingerprint density at radius 2 is 2.18 bits per heavy atom. The average molecular weight is 234 g/mol. The van der Waals surface area contributed by atoms with Crippen LogP contribution < -0.4 is 4.74 Å². The second-order valence-corrected chi connectivity index (χ2v) is 3.50. The van der Waals surface area contributed by atoms with E-state index in [4.69, 9.17) is 9.84 Å². The van der Waals surface area contributed by atoms with Gasteiger partial charge in [0.05, 0.1) is 12.7 Å². The lowest BCUT2D eigenvalue weighted by Gasteiger charge is -1.99. The molecule has 0 unspecified atom stereocenters. The van der Waals surface area contributed by atoms with Crippen LogP contribution in [0.1, 0.15) is 16.1 Å². The number of carbonyl (C=O) groups is 2. The SMILES string of the molecule is COc1nccc2c(C(=O)C(=O)O)c(C)[nH]c12. The Morgan fingerprint density at radius 1 is 1.47 bits per heavy atom. The normalized spacial score (nSPS) is 10.5. The standard InChI is InChI=1S/C11H10N2O4/c1-5-7(9(14)11(15)16)6-3-4-12-10(17-2)8(6)13-5/h3-4,13H,1-2H3,(H,15,16). The molecule has 6 heteroatoms. The predicted molar refractivity (Wildman–Crippen MR) is 59.3 cm³/mol. The number of H-pyrrole nitrogens is 1. The van der Waals surface area contributed by atoms with Gasteiger partial charge in [-0.3, -0.25) is 4.79 Å². The number of aliphatic carboxylic acids is 1. The number of aromatic amines is 1. The molecular weight excluding hydrogens is 224 g/mol. The number of methoxy groups -OCH3 is 1. The molecule has 0 bridgehead atoms. The van der Waals surface area contributed by atoms with Gasteiger partial charge in [0.15, 0.2) is 0 Å². The summed E-state index contributed by atoms with van der Waals surface area (Å²) in [6, 6.07) is 1.58. The summed E-state index contributed by atoms with van der Waals surface area (Å²) in [5.41, 5.74) is 1.16. The van der Waals surface area contributed by atoms with E-state index < -0.39 is 11.8 Å². The molecule has 17 heavy (non-hydrogen) atoms. The first kappa shape index (κ1) is 11.1. The molecule has 2 heterocycles. The van der Waals surface area contributed by atoms with Crippen molar-refractivity contribution < 1.29 is 19.4 Å². The maximum Gasteiger partial charge on any atom is 0.377 e. The summed E-state index contributed by atoms with van der Waals surface area (Å²) >= 11 is 0. The largest absolute Gasteiger partial charge is 0.479 e. The van der Waals surface area contributed by atoms with Crippen LogP contribution in [0.5, 0.6) is 5.88 Å². The fraction of sp³-hybridized carbons (Fsp3) is 0.182. The van der Waals surface area contributed by atoms with Crippen molar-refractivity contribution in [2.75, 3.05) is 7.11 Å². The number of Topliss-reactive ketones (excluding diaryl/α,β-unsaturated/α-hetero) is 1. The molecule has 0 fully saturated rings. The van der Waals surface area contributed by atoms with Gasteiger partial charge in [-0.25, -0.2) is 9.78 Å². The van der Waals surface area contributed by atoms with Crippen LogP contribution in [-0.2, 0) is 4.79 Å². The van der Waals surface area contributed by atoms with Crippen molar-refractivity contribution in [3.63, 3.8) is 0 Å². The first-order valence-electron chi connectivity index (χ1n) is 4.85. The van der Waals surface area contributed by atoms with Gasteiger partial charge in [0, 0.05) is 17.3 Å². The molecule has 0 amide bonds. The molecule has 88 valence electrons. The molecule has 0 aliphatic heterocycles. The highest BCUT2D eigenvalue weighted by Crippen LogP contribution is 2.27. The highest BCUT2D eigenvalue weighted by atomic mass is 16.5. The molecule has 2 aromatic heterocycles. The topological polar surface area (TPSA) is 92.3 Å². The van der Waals surface area contributed by atoms with E-state index in [0.717, 1.165) is 0 Å². The third kappa shape index (κ3) is 1.63. The summed E-state index contributed by atoms with van der Waals surface area (Å²) in [6.45, 7) is 1.63. The number of carboxylic acids is 1. The van der Waals surface area contributed by atoms with E-state index in [0.29, 0.717) is 22.5 Å². The van der Waals surface area contributed by atoms with Crippen LogP contribution in [0.15, 0.2) is 12.3 Å². The van der Waals surface area contributed by atoms with Crippen LogP contribution in [0, 0.1) is 6.92 Å². The molecule has 0 saturated carbocycles. The van der Waals surface area contributed by atoms with Crippen LogP contribution in [0.25, 0.3) is 10.9 Å². The third-order valence-corrected chi connectivity index (χ3v) is 2.49. The Balaban J connectivity index is 2.77. The van der Waals surface area contributed by atoms with Gasteiger partial charge in [-0.2, -0.15) is 0 Å². The maximum absolute atomic E-state index is 11.6. The molecule has 0 atom stereocenters. The zero-order valence-electron chi connectivity index (χ0n) is 9.27. The first-order chi connectivity index (χ1) is 8.06. The average Bonchev–Trinajstić information content (AvgIpc) is 2.63. The van der Waals surface area contributed by atoms with E-state index in [-0.39, 0.29) is 5.56 Å². The summed E-state index contributed by atoms with van der Waals surface area (Å²) in [5.74, 6) is -2.10. The Morgan fingerprint density at radius 3 is 2.76 bits per heavy atom. The lowest BCUT2D eigenvalue weighted by atomic mass is 10.1. The summed E-state index contributed by atoms with van der Waals surface area (Å²) in [4.78, 5) is 29.2. The summed E-state index contributed by atoms with van der Waals surface area (Å²) < 4.78 is 5.03. The molecule has 0 aromatic carbocycles. The van der Waals surface area contributed by atoms with Gasteiger partial charge >= 0.3 is 5.97 Å². The van der Waals surface area contributed by atoms with Crippen molar-refractivity contribution in [1.82, 2.24) is 9.97 Å².